The minimum absolute atomic E-state index is 0.0214. The average Bonchev–Trinajstić information content (AvgIpc) is 3.57. The molecule has 0 saturated carbocycles. The topological polar surface area (TPSA) is 179 Å². The number of ketones is 1. The van der Waals surface area contributed by atoms with Crippen LogP contribution in [-0.4, -0.2) is 105 Å². The van der Waals surface area contributed by atoms with Crippen LogP contribution in [0.15, 0.2) is 12.2 Å². The van der Waals surface area contributed by atoms with Gasteiger partial charge in [0.1, 0.15) is 11.8 Å². The molecule has 13 nitrogen and oxygen atoms in total. The van der Waals surface area contributed by atoms with E-state index in [-0.39, 0.29) is 29.6 Å². The van der Waals surface area contributed by atoms with Gasteiger partial charge >= 0.3 is 12.1 Å². The summed E-state index contributed by atoms with van der Waals surface area (Å²) in [5.41, 5.74) is -1.72. The molecule has 5 rings (SSSR count). The van der Waals surface area contributed by atoms with Crippen molar-refractivity contribution in [1.82, 2.24) is 5.32 Å². The third kappa shape index (κ3) is 10.4. The summed E-state index contributed by atoms with van der Waals surface area (Å²) in [6, 6.07) is -0.715. The molecule has 2 spiro atoms. The van der Waals surface area contributed by atoms with Crippen molar-refractivity contribution in [1.29, 1.82) is 0 Å². The minimum Gasteiger partial charge on any atom is -0.481 e. The number of rotatable bonds is 17. The van der Waals surface area contributed by atoms with Gasteiger partial charge < -0.3 is 49.1 Å². The van der Waals surface area contributed by atoms with E-state index in [1.165, 1.54) is 0 Å². The third-order valence-corrected chi connectivity index (χ3v) is 15.7. The highest BCUT2D eigenvalue weighted by Gasteiger charge is 2.63. The Morgan fingerprint density at radius 3 is 2.21 bits per heavy atom. The fourth-order valence-corrected chi connectivity index (χ4v) is 11.4. The minimum atomic E-state index is -1.35. The summed E-state index contributed by atoms with van der Waals surface area (Å²) >= 11 is 0. The molecule has 0 aromatic rings. The summed E-state index contributed by atoms with van der Waals surface area (Å²) in [6.45, 7) is 22.0. The maximum Gasteiger partial charge on any atom is 0.407 e. The Hall–Kier alpha value is -2.13. The summed E-state index contributed by atoms with van der Waals surface area (Å²) in [4.78, 5) is 40.0. The van der Waals surface area contributed by atoms with Gasteiger partial charge in [-0.2, -0.15) is 0 Å². The van der Waals surface area contributed by atoms with Crippen LogP contribution in [-0.2, 0) is 38.0 Å². The Labute approximate surface area is 365 Å². The standard InChI is InChI=1S/C48H81NO12/c1-12-16-17-26-56-44(54)49-37-20-23-47(61-48(37)25-24-45(11,60-48)38-21-22-46(55,15-4)33(10)57-38)30(7)27-29(6)42(59-47)35(14-3)40(51)31(8)39(50)32(9)41-28(5)18-19-36(58-41)34(13-2)43(52)53/h20,23,28-39,41-42,50,55H,12-19,21-22,24-27H2,1-11H3,(H,49,54)(H,52,53)/t28-,29-,30+,31-,32-,33-,34+,35-,36+,37-,38+,39+,41+,42-,45-,46+,47-,48-/m0/s1. The second-order valence-electron chi connectivity index (χ2n) is 19.9. The second-order valence-corrected chi connectivity index (χ2v) is 19.9. The maximum absolute atomic E-state index is 14.7. The van der Waals surface area contributed by atoms with Crippen LogP contribution < -0.4 is 5.32 Å². The van der Waals surface area contributed by atoms with Crippen molar-refractivity contribution in [2.24, 2.45) is 41.4 Å². The predicted molar refractivity (Wildman–Crippen MR) is 230 cm³/mol. The molecule has 4 fully saturated rings. The van der Waals surface area contributed by atoms with Crippen molar-refractivity contribution >= 4 is 17.8 Å². The van der Waals surface area contributed by atoms with Crippen molar-refractivity contribution in [3.8, 4) is 0 Å². The van der Waals surface area contributed by atoms with Crippen LogP contribution in [0.3, 0.4) is 0 Å². The van der Waals surface area contributed by atoms with Gasteiger partial charge in [-0.3, -0.25) is 9.59 Å². The van der Waals surface area contributed by atoms with Gasteiger partial charge in [0.2, 0.25) is 0 Å². The largest absolute Gasteiger partial charge is 0.481 e. The fraction of sp³-hybridized carbons (Fsp3) is 0.896. The molecule has 350 valence electrons. The highest BCUT2D eigenvalue weighted by Crippen LogP contribution is 2.54. The summed E-state index contributed by atoms with van der Waals surface area (Å²) in [7, 11) is 0. The molecule has 5 heterocycles. The predicted octanol–water partition coefficient (Wildman–Crippen LogP) is 8.11. The molecule has 4 saturated heterocycles. The Morgan fingerprint density at radius 2 is 1.59 bits per heavy atom. The number of hydrogen-bond donors (Lipinski definition) is 4. The highest BCUT2D eigenvalue weighted by molar-refractivity contribution is 5.84. The molecule has 0 aromatic heterocycles. The summed E-state index contributed by atoms with van der Waals surface area (Å²) in [5.74, 6) is -6.03. The normalized spacial score (nSPS) is 41.5. The molecule has 0 unspecified atom stereocenters. The van der Waals surface area contributed by atoms with Gasteiger partial charge in [0, 0.05) is 30.1 Å². The maximum atomic E-state index is 14.7. The van der Waals surface area contributed by atoms with E-state index in [9.17, 15) is 29.7 Å². The van der Waals surface area contributed by atoms with E-state index in [4.69, 9.17) is 28.4 Å². The lowest BCUT2D eigenvalue weighted by Gasteiger charge is -2.55. The molecule has 18 atom stereocenters. The number of unbranched alkanes of at least 4 members (excludes halogenated alkanes) is 2. The zero-order valence-corrected chi connectivity index (χ0v) is 39.2. The molecule has 1 amide bonds. The van der Waals surface area contributed by atoms with Crippen LogP contribution in [0.2, 0.25) is 0 Å². The quantitative estimate of drug-likeness (QED) is 0.0817. The molecule has 4 N–H and O–H groups in total. The van der Waals surface area contributed by atoms with Crippen LogP contribution in [0.5, 0.6) is 0 Å². The monoisotopic (exact) mass is 864 g/mol. The van der Waals surface area contributed by atoms with Gasteiger partial charge in [-0.05, 0) is 96.0 Å². The first kappa shape index (κ1) is 49.9. The smallest absolute Gasteiger partial charge is 0.407 e. The number of aliphatic carboxylic acids is 1. The molecular weight excluding hydrogens is 783 g/mol. The molecule has 0 radical (unpaired) electrons. The van der Waals surface area contributed by atoms with Crippen molar-refractivity contribution in [2.75, 3.05) is 6.61 Å². The van der Waals surface area contributed by atoms with Crippen molar-refractivity contribution in [3.05, 3.63) is 12.2 Å². The zero-order valence-electron chi connectivity index (χ0n) is 39.2. The molecule has 5 aliphatic rings. The number of aliphatic hydroxyl groups excluding tert-OH is 1. The van der Waals surface area contributed by atoms with E-state index in [1.807, 2.05) is 53.7 Å². The van der Waals surface area contributed by atoms with E-state index < -0.39 is 95.1 Å². The number of aliphatic hydroxyl groups is 2. The first-order valence-corrected chi connectivity index (χ1v) is 23.9. The van der Waals surface area contributed by atoms with Crippen molar-refractivity contribution in [2.45, 2.75) is 225 Å². The number of carbonyl (C=O) groups excluding carboxylic acids is 2. The number of alkyl carbamates (subject to hydrolysis) is 1. The molecule has 61 heavy (non-hydrogen) atoms. The lowest BCUT2D eigenvalue weighted by molar-refractivity contribution is -0.398. The molecule has 13 heteroatoms. The van der Waals surface area contributed by atoms with E-state index in [1.54, 1.807) is 6.92 Å². The number of carbonyl (C=O) groups is 3. The molecule has 0 bridgehead atoms. The SMILES string of the molecule is CCCCCOC(=O)N[C@H]1C=C[C@]2(O[C@H]([C@@H](CC)C(=O)[C@@H](C)[C@@H](O)[C@H](C)[C@@H]3O[C@@H]([C@@H](CC)C(=O)O)CC[C@@H]3C)[C@@H](C)C[C@H]2C)O[C@@]12CC[C@@](C)([C@H]1CC[C@](O)(CC)[C@H](C)O1)O2. The summed E-state index contributed by atoms with van der Waals surface area (Å²) < 4.78 is 40.1. The van der Waals surface area contributed by atoms with Gasteiger partial charge in [-0.1, -0.05) is 81.2 Å². The lowest BCUT2D eigenvalue weighted by Crippen LogP contribution is -2.65. The first-order chi connectivity index (χ1) is 28.7. The Bertz CT molecular complexity index is 1530. The van der Waals surface area contributed by atoms with Crippen molar-refractivity contribution < 1.29 is 58.1 Å². The molecular formula is C48H81NO12. The summed E-state index contributed by atoms with van der Waals surface area (Å²) in [5, 5.41) is 36.0. The van der Waals surface area contributed by atoms with Gasteiger partial charge in [-0.25, -0.2) is 4.79 Å². The van der Waals surface area contributed by atoms with Gasteiger partial charge in [0.15, 0.2) is 11.6 Å². The van der Waals surface area contributed by atoms with Crippen LogP contribution in [0, 0.1) is 41.4 Å². The van der Waals surface area contributed by atoms with Crippen LogP contribution in [0.25, 0.3) is 0 Å². The van der Waals surface area contributed by atoms with Crippen LogP contribution in [0.4, 0.5) is 4.79 Å². The number of nitrogens with one attached hydrogen (secondary N) is 1. The van der Waals surface area contributed by atoms with E-state index >= 15 is 0 Å². The van der Waals surface area contributed by atoms with Crippen molar-refractivity contribution in [3.63, 3.8) is 0 Å². The number of Topliss-reactive ketones (excluding diaryl/α,β-unsaturated/α-hetero) is 1. The van der Waals surface area contributed by atoms with Gasteiger partial charge in [0.25, 0.3) is 0 Å². The van der Waals surface area contributed by atoms with E-state index in [0.29, 0.717) is 64.4 Å². The van der Waals surface area contributed by atoms with Gasteiger partial charge in [0.05, 0.1) is 60.4 Å². The Balaban J connectivity index is 1.38. The van der Waals surface area contributed by atoms with Crippen LogP contribution in [0.1, 0.15) is 160 Å². The molecule has 0 aromatic carbocycles. The third-order valence-electron chi connectivity index (χ3n) is 15.7. The highest BCUT2D eigenvalue weighted by atomic mass is 16.8. The molecule has 0 aliphatic carbocycles. The first-order valence-electron chi connectivity index (χ1n) is 23.9. The van der Waals surface area contributed by atoms with E-state index in [2.05, 4.69) is 33.0 Å². The Kier molecular flexibility index (Phi) is 16.7. The van der Waals surface area contributed by atoms with E-state index in [0.717, 1.165) is 25.7 Å². The van der Waals surface area contributed by atoms with Gasteiger partial charge in [-0.15, -0.1) is 0 Å². The summed E-state index contributed by atoms with van der Waals surface area (Å²) in [6.07, 6.45) is 8.63. The molecule has 5 aliphatic heterocycles. The lowest BCUT2D eigenvalue weighted by atomic mass is 9.72. The number of carboxylic acids is 1. The average molecular weight is 864 g/mol. The number of ether oxygens (including phenoxy) is 6. The zero-order chi connectivity index (χ0) is 45.1. The Morgan fingerprint density at radius 1 is 0.885 bits per heavy atom. The second kappa shape index (κ2) is 20.4. The number of amides is 1. The number of hydrogen-bond acceptors (Lipinski definition) is 11. The number of carboxylic acid groups (broad SMARTS) is 1. The van der Waals surface area contributed by atoms with Crippen LogP contribution >= 0.6 is 0 Å². The fourth-order valence-electron chi connectivity index (χ4n) is 11.4.